The molecule has 0 saturated carbocycles. The molecule has 0 aromatic heterocycles. The van der Waals surface area contributed by atoms with E-state index in [0.717, 1.165) is 29.1 Å². The van der Waals surface area contributed by atoms with Gasteiger partial charge in [-0.05, 0) is 54.5 Å². The second-order valence-electron chi connectivity index (χ2n) is 6.35. The molecular weight excluding hydrogens is 376 g/mol. The first-order valence-electron chi connectivity index (χ1n) is 8.78. The van der Waals surface area contributed by atoms with Crippen LogP contribution in [0.4, 0.5) is 11.4 Å². The predicted octanol–water partition coefficient (Wildman–Crippen LogP) is 4.95. The van der Waals surface area contributed by atoms with Gasteiger partial charge in [0, 0.05) is 19.8 Å². The van der Waals surface area contributed by atoms with Gasteiger partial charge in [0.25, 0.3) is 5.91 Å². The summed E-state index contributed by atoms with van der Waals surface area (Å²) in [5, 5.41) is 0. The van der Waals surface area contributed by atoms with Crippen LogP contribution in [0, 0.1) is 0 Å². The number of nitrogens with zero attached hydrogens (tertiary/aromatic N) is 2. The van der Waals surface area contributed by atoms with Gasteiger partial charge in [0.1, 0.15) is 5.75 Å². The van der Waals surface area contributed by atoms with Crippen LogP contribution >= 0.6 is 24.0 Å². The molecule has 0 bridgehead atoms. The van der Waals surface area contributed by atoms with Crippen LogP contribution < -0.4 is 14.5 Å². The number of benzene rings is 2. The normalized spacial score (nSPS) is 15.5. The van der Waals surface area contributed by atoms with Gasteiger partial charge in [-0.3, -0.25) is 9.69 Å². The molecule has 1 amide bonds. The Labute approximate surface area is 169 Å². The zero-order valence-electron chi connectivity index (χ0n) is 15.6. The van der Waals surface area contributed by atoms with Crippen molar-refractivity contribution in [3.63, 3.8) is 0 Å². The van der Waals surface area contributed by atoms with Crippen molar-refractivity contribution in [2.45, 2.75) is 13.3 Å². The topological polar surface area (TPSA) is 32.8 Å². The van der Waals surface area contributed by atoms with Crippen molar-refractivity contribution in [2.75, 3.05) is 30.5 Å². The Hall–Kier alpha value is -2.31. The number of rotatable bonds is 6. The molecule has 0 spiro atoms. The van der Waals surface area contributed by atoms with E-state index in [4.69, 9.17) is 17.0 Å². The second kappa shape index (κ2) is 8.59. The Morgan fingerprint density at radius 3 is 2.37 bits per heavy atom. The van der Waals surface area contributed by atoms with E-state index in [1.165, 1.54) is 11.8 Å². The van der Waals surface area contributed by atoms with E-state index in [1.54, 1.807) is 4.90 Å². The van der Waals surface area contributed by atoms with Crippen molar-refractivity contribution in [1.29, 1.82) is 0 Å². The average Bonchev–Trinajstić information content (AvgIpc) is 2.94. The van der Waals surface area contributed by atoms with Crippen LogP contribution in [0.15, 0.2) is 53.4 Å². The fourth-order valence-corrected chi connectivity index (χ4v) is 3.92. The molecule has 1 heterocycles. The molecule has 140 valence electrons. The van der Waals surface area contributed by atoms with Crippen molar-refractivity contribution in [1.82, 2.24) is 0 Å². The van der Waals surface area contributed by atoms with Gasteiger partial charge < -0.3 is 9.64 Å². The molecule has 1 aliphatic rings. The Morgan fingerprint density at radius 1 is 1.11 bits per heavy atom. The zero-order valence-corrected chi connectivity index (χ0v) is 17.3. The van der Waals surface area contributed by atoms with E-state index in [9.17, 15) is 4.79 Å². The minimum absolute atomic E-state index is 0.0890. The standard InChI is InChI=1S/C21H22N2O2S2/c1-4-13-25-18-11-5-15(6-12-18)14-19-20(24)23(21(26)27-19)17-9-7-16(8-10-17)22(2)3/h5-12,14H,4,13H2,1-3H3/b19-14-. The lowest BCUT2D eigenvalue weighted by molar-refractivity contribution is -0.113. The van der Waals surface area contributed by atoms with Crippen molar-refractivity contribution in [3.05, 3.63) is 59.0 Å². The first-order valence-corrected chi connectivity index (χ1v) is 10.0. The fraction of sp³-hybridized carbons (Fsp3) is 0.238. The highest BCUT2D eigenvalue weighted by molar-refractivity contribution is 8.27. The number of hydrogen-bond donors (Lipinski definition) is 0. The SMILES string of the molecule is CCCOc1ccc(/C=C2\SC(=S)N(c3ccc(N(C)C)cc3)C2=O)cc1. The number of ether oxygens (including phenoxy) is 1. The van der Waals surface area contributed by atoms with Crippen LogP contribution in [0.1, 0.15) is 18.9 Å². The minimum Gasteiger partial charge on any atom is -0.494 e. The van der Waals surface area contributed by atoms with Gasteiger partial charge in [0.15, 0.2) is 4.32 Å². The molecule has 6 heteroatoms. The largest absolute Gasteiger partial charge is 0.494 e. The van der Waals surface area contributed by atoms with Crippen LogP contribution in [0.25, 0.3) is 6.08 Å². The number of thioether (sulfide) groups is 1. The predicted molar refractivity (Wildman–Crippen MR) is 119 cm³/mol. The summed E-state index contributed by atoms with van der Waals surface area (Å²) < 4.78 is 6.14. The maximum atomic E-state index is 12.9. The van der Waals surface area contributed by atoms with E-state index in [1.807, 2.05) is 73.6 Å². The highest BCUT2D eigenvalue weighted by Gasteiger charge is 2.33. The number of hydrogen-bond acceptors (Lipinski definition) is 5. The van der Waals surface area contributed by atoms with Gasteiger partial charge in [-0.25, -0.2) is 0 Å². The van der Waals surface area contributed by atoms with E-state index in [-0.39, 0.29) is 5.91 Å². The number of anilines is 2. The van der Waals surface area contributed by atoms with E-state index < -0.39 is 0 Å². The molecule has 2 aromatic rings. The molecule has 1 fully saturated rings. The highest BCUT2D eigenvalue weighted by Crippen LogP contribution is 2.36. The molecule has 1 saturated heterocycles. The van der Waals surface area contributed by atoms with Crippen molar-refractivity contribution in [3.8, 4) is 5.75 Å². The van der Waals surface area contributed by atoms with Crippen LogP contribution in [0.2, 0.25) is 0 Å². The monoisotopic (exact) mass is 398 g/mol. The number of carbonyl (C=O) groups excluding carboxylic acids is 1. The molecule has 4 nitrogen and oxygen atoms in total. The summed E-state index contributed by atoms with van der Waals surface area (Å²) in [4.78, 5) is 17.1. The molecule has 1 aliphatic heterocycles. The number of thiocarbonyl (C=S) groups is 1. The molecule has 0 radical (unpaired) electrons. The maximum Gasteiger partial charge on any atom is 0.270 e. The maximum absolute atomic E-state index is 12.9. The van der Waals surface area contributed by atoms with E-state index in [0.29, 0.717) is 15.8 Å². The summed E-state index contributed by atoms with van der Waals surface area (Å²) in [6, 6.07) is 15.5. The minimum atomic E-state index is -0.0890. The lowest BCUT2D eigenvalue weighted by Gasteiger charge is -2.17. The molecule has 0 atom stereocenters. The summed E-state index contributed by atoms with van der Waals surface area (Å²) in [6.07, 6.45) is 2.84. The van der Waals surface area contributed by atoms with Crippen molar-refractivity contribution < 1.29 is 9.53 Å². The van der Waals surface area contributed by atoms with Gasteiger partial charge in [-0.1, -0.05) is 43.0 Å². The molecule has 3 rings (SSSR count). The van der Waals surface area contributed by atoms with Crippen LogP contribution in [-0.2, 0) is 4.79 Å². The lowest BCUT2D eigenvalue weighted by atomic mass is 10.2. The van der Waals surface area contributed by atoms with Gasteiger partial charge in [0.2, 0.25) is 0 Å². The number of amides is 1. The third-order valence-corrected chi connectivity index (χ3v) is 5.37. The quantitative estimate of drug-likeness (QED) is 0.508. The molecule has 0 aliphatic carbocycles. The summed E-state index contributed by atoms with van der Waals surface area (Å²) in [7, 11) is 3.96. The Bertz CT molecular complexity index is 859. The second-order valence-corrected chi connectivity index (χ2v) is 8.02. The first-order chi connectivity index (χ1) is 13.0. The highest BCUT2D eigenvalue weighted by atomic mass is 32.2. The first kappa shape index (κ1) is 19.5. The molecule has 27 heavy (non-hydrogen) atoms. The van der Waals surface area contributed by atoms with Crippen LogP contribution in [-0.4, -0.2) is 30.9 Å². The van der Waals surface area contributed by atoms with Gasteiger partial charge >= 0.3 is 0 Å². The van der Waals surface area contributed by atoms with E-state index in [2.05, 4.69) is 6.92 Å². The van der Waals surface area contributed by atoms with E-state index >= 15 is 0 Å². The third kappa shape index (κ3) is 4.51. The summed E-state index contributed by atoms with van der Waals surface area (Å²) >= 11 is 6.77. The lowest BCUT2D eigenvalue weighted by Crippen LogP contribution is -2.27. The average molecular weight is 399 g/mol. The smallest absolute Gasteiger partial charge is 0.270 e. The molecule has 0 N–H and O–H groups in total. The van der Waals surface area contributed by atoms with Crippen molar-refractivity contribution >= 4 is 51.7 Å². The van der Waals surface area contributed by atoms with Gasteiger partial charge in [-0.2, -0.15) is 0 Å². The third-order valence-electron chi connectivity index (χ3n) is 4.07. The Balaban J connectivity index is 1.78. The van der Waals surface area contributed by atoms with Crippen LogP contribution in [0.5, 0.6) is 5.75 Å². The molecule has 2 aromatic carbocycles. The van der Waals surface area contributed by atoms with Crippen molar-refractivity contribution in [2.24, 2.45) is 0 Å². The summed E-state index contributed by atoms with van der Waals surface area (Å²) in [5.74, 6) is 0.747. The molecule has 0 unspecified atom stereocenters. The number of carbonyl (C=O) groups is 1. The zero-order chi connectivity index (χ0) is 19.4. The van der Waals surface area contributed by atoms with Gasteiger partial charge in [-0.15, -0.1) is 0 Å². The van der Waals surface area contributed by atoms with Crippen LogP contribution in [0.3, 0.4) is 0 Å². The molecular formula is C21H22N2O2S2. The summed E-state index contributed by atoms with van der Waals surface area (Å²) in [6.45, 7) is 2.77. The Morgan fingerprint density at radius 2 is 1.78 bits per heavy atom. The Kier molecular flexibility index (Phi) is 6.19. The summed E-state index contributed by atoms with van der Waals surface area (Å²) in [5.41, 5.74) is 2.81. The fourth-order valence-electron chi connectivity index (χ4n) is 2.62. The van der Waals surface area contributed by atoms with Gasteiger partial charge in [0.05, 0.1) is 17.2 Å².